The number of carbonyl (C=O) groups excluding carboxylic acids is 1. The highest BCUT2D eigenvalue weighted by atomic mass is 32.2. The van der Waals surface area contributed by atoms with Gasteiger partial charge in [-0.05, 0) is 24.3 Å². The van der Waals surface area contributed by atoms with E-state index in [1.807, 2.05) is 0 Å². The molecule has 1 aromatic carbocycles. The molecule has 9 heteroatoms. The molecule has 8 nitrogen and oxygen atoms in total. The molecule has 1 amide bonds. The molecule has 122 valence electrons. The largest absolute Gasteiger partial charge is 0.379 e. The third-order valence-corrected chi connectivity index (χ3v) is 5.33. The first-order chi connectivity index (χ1) is 11.1. The van der Waals surface area contributed by atoms with Gasteiger partial charge in [0.2, 0.25) is 10.0 Å². The van der Waals surface area contributed by atoms with Crippen LogP contribution in [0.2, 0.25) is 0 Å². The fourth-order valence-corrected chi connectivity index (χ4v) is 3.59. The fraction of sp³-hybridized carbons (Fsp3) is 0.286. The number of nitrogens with zero attached hydrogens (tertiary/aromatic N) is 2. The Hall–Kier alpha value is -2.23. The van der Waals surface area contributed by atoms with Gasteiger partial charge in [-0.2, -0.15) is 4.31 Å². The Kier molecular flexibility index (Phi) is 4.42. The van der Waals surface area contributed by atoms with Crippen LogP contribution in [-0.4, -0.2) is 50.1 Å². The fourth-order valence-electron chi connectivity index (χ4n) is 2.18. The average Bonchev–Trinajstić information content (AvgIpc) is 3.09. The number of morpholine rings is 1. The van der Waals surface area contributed by atoms with Gasteiger partial charge in [0.25, 0.3) is 5.91 Å². The summed E-state index contributed by atoms with van der Waals surface area (Å²) < 4.78 is 36.1. The predicted octanol–water partition coefficient (Wildman–Crippen LogP) is 0.948. The summed E-state index contributed by atoms with van der Waals surface area (Å²) in [4.78, 5) is 12.2. The van der Waals surface area contributed by atoms with E-state index in [0.29, 0.717) is 37.6 Å². The summed E-state index contributed by atoms with van der Waals surface area (Å²) in [7, 11) is -3.56. The van der Waals surface area contributed by atoms with Gasteiger partial charge in [0, 0.05) is 18.7 Å². The lowest BCUT2D eigenvalue weighted by atomic mass is 10.2. The summed E-state index contributed by atoms with van der Waals surface area (Å²) in [5, 5.41) is 6.07. The normalized spacial score (nSPS) is 16.2. The molecule has 1 aliphatic rings. The molecule has 1 aromatic heterocycles. The Balaban J connectivity index is 1.74. The zero-order chi connectivity index (χ0) is 16.3. The van der Waals surface area contributed by atoms with Gasteiger partial charge in [-0.3, -0.25) is 4.79 Å². The number of hydrogen-bond donors (Lipinski definition) is 1. The quantitative estimate of drug-likeness (QED) is 0.891. The molecule has 1 fully saturated rings. The van der Waals surface area contributed by atoms with Gasteiger partial charge in [-0.1, -0.05) is 5.16 Å². The molecule has 1 aliphatic heterocycles. The Bertz CT molecular complexity index is 765. The molecule has 0 radical (unpaired) electrons. The minimum absolute atomic E-state index is 0.154. The van der Waals surface area contributed by atoms with Crippen molar-refractivity contribution in [3.05, 3.63) is 42.3 Å². The van der Waals surface area contributed by atoms with Crippen LogP contribution in [0, 0.1) is 0 Å². The summed E-state index contributed by atoms with van der Waals surface area (Å²) in [5.74, 6) is -0.372. The van der Waals surface area contributed by atoms with Gasteiger partial charge < -0.3 is 14.6 Å². The molecular formula is C14H15N3O5S. The zero-order valence-electron chi connectivity index (χ0n) is 12.1. The van der Waals surface area contributed by atoms with E-state index in [0.717, 1.165) is 0 Å². The van der Waals surface area contributed by atoms with Gasteiger partial charge in [0.15, 0.2) is 0 Å². The lowest BCUT2D eigenvalue weighted by Gasteiger charge is -2.26. The van der Waals surface area contributed by atoms with E-state index < -0.39 is 10.0 Å². The first-order valence-electron chi connectivity index (χ1n) is 6.96. The lowest BCUT2D eigenvalue weighted by molar-refractivity contribution is 0.0730. The summed E-state index contributed by atoms with van der Waals surface area (Å²) >= 11 is 0. The van der Waals surface area contributed by atoms with Gasteiger partial charge in [0.1, 0.15) is 12.0 Å². The number of carbonyl (C=O) groups is 1. The minimum Gasteiger partial charge on any atom is -0.379 e. The van der Waals surface area contributed by atoms with Crippen molar-refractivity contribution < 1.29 is 22.5 Å². The first-order valence-corrected chi connectivity index (χ1v) is 8.40. The van der Waals surface area contributed by atoms with Crippen molar-refractivity contribution in [2.45, 2.75) is 4.90 Å². The predicted molar refractivity (Wildman–Crippen MR) is 80.5 cm³/mol. The third kappa shape index (κ3) is 3.41. The van der Waals surface area contributed by atoms with Crippen LogP contribution in [-0.2, 0) is 14.8 Å². The number of amides is 1. The molecule has 1 N–H and O–H groups in total. The highest BCUT2D eigenvalue weighted by molar-refractivity contribution is 7.89. The molecule has 0 atom stereocenters. The van der Waals surface area contributed by atoms with E-state index in [9.17, 15) is 13.2 Å². The van der Waals surface area contributed by atoms with Gasteiger partial charge in [0.05, 0.1) is 24.3 Å². The van der Waals surface area contributed by atoms with Crippen molar-refractivity contribution in [1.82, 2.24) is 9.46 Å². The molecule has 0 spiro atoms. The highest BCUT2D eigenvalue weighted by Crippen LogP contribution is 2.18. The van der Waals surface area contributed by atoms with Crippen molar-refractivity contribution >= 4 is 21.6 Å². The van der Waals surface area contributed by atoms with E-state index in [-0.39, 0.29) is 10.8 Å². The Morgan fingerprint density at radius 1 is 1.17 bits per heavy atom. The number of hydrogen-bond acceptors (Lipinski definition) is 6. The standard InChI is InChI=1S/C14H15N3O5S/c18-14(16-12-9-15-22-10-12)11-1-3-13(4-2-11)23(19,20)17-5-7-21-8-6-17/h1-4,9-10H,5-8H2,(H,16,18). The van der Waals surface area contributed by atoms with Crippen LogP contribution in [0.1, 0.15) is 10.4 Å². The second-order valence-corrected chi connectivity index (χ2v) is 6.85. The highest BCUT2D eigenvalue weighted by Gasteiger charge is 2.26. The van der Waals surface area contributed by atoms with E-state index in [1.165, 1.54) is 41.0 Å². The lowest BCUT2D eigenvalue weighted by Crippen LogP contribution is -2.40. The van der Waals surface area contributed by atoms with Crippen molar-refractivity contribution in [2.75, 3.05) is 31.6 Å². The summed E-state index contributed by atoms with van der Waals surface area (Å²) in [6, 6.07) is 5.78. The number of ether oxygens (including phenoxy) is 1. The molecule has 0 saturated carbocycles. The van der Waals surface area contributed by atoms with Gasteiger partial charge in [-0.25, -0.2) is 8.42 Å². The van der Waals surface area contributed by atoms with Gasteiger partial charge in [-0.15, -0.1) is 0 Å². The summed E-state index contributed by atoms with van der Waals surface area (Å²) in [5.41, 5.74) is 0.771. The van der Waals surface area contributed by atoms with E-state index in [4.69, 9.17) is 4.74 Å². The van der Waals surface area contributed by atoms with Crippen molar-refractivity contribution in [3.8, 4) is 0 Å². The topological polar surface area (TPSA) is 102 Å². The molecule has 0 bridgehead atoms. The number of sulfonamides is 1. The maximum Gasteiger partial charge on any atom is 0.255 e. The average molecular weight is 337 g/mol. The number of nitrogens with one attached hydrogen (secondary N) is 1. The second-order valence-electron chi connectivity index (χ2n) is 4.91. The van der Waals surface area contributed by atoms with Crippen LogP contribution in [0.4, 0.5) is 5.69 Å². The molecule has 1 saturated heterocycles. The van der Waals surface area contributed by atoms with Crippen molar-refractivity contribution in [2.24, 2.45) is 0 Å². The molecule has 3 rings (SSSR count). The molecule has 2 aromatic rings. The van der Waals surface area contributed by atoms with E-state index in [2.05, 4.69) is 15.0 Å². The maximum absolute atomic E-state index is 12.5. The zero-order valence-corrected chi connectivity index (χ0v) is 13.0. The SMILES string of the molecule is O=C(Nc1cnoc1)c1ccc(S(=O)(=O)N2CCOCC2)cc1. The molecule has 2 heterocycles. The monoisotopic (exact) mass is 337 g/mol. The second kappa shape index (κ2) is 6.49. The smallest absolute Gasteiger partial charge is 0.255 e. The van der Waals surface area contributed by atoms with Crippen LogP contribution in [0.15, 0.2) is 46.1 Å². The van der Waals surface area contributed by atoms with Crippen LogP contribution in [0.5, 0.6) is 0 Å². The van der Waals surface area contributed by atoms with E-state index in [1.54, 1.807) is 0 Å². The Labute approximate surface area is 133 Å². The minimum atomic E-state index is -3.56. The number of anilines is 1. The number of rotatable bonds is 4. The number of benzene rings is 1. The van der Waals surface area contributed by atoms with Crippen molar-refractivity contribution in [1.29, 1.82) is 0 Å². The maximum atomic E-state index is 12.5. The van der Waals surface area contributed by atoms with Crippen LogP contribution in [0.25, 0.3) is 0 Å². The molecule has 0 aliphatic carbocycles. The van der Waals surface area contributed by atoms with E-state index >= 15 is 0 Å². The number of aromatic nitrogens is 1. The van der Waals surface area contributed by atoms with Gasteiger partial charge >= 0.3 is 0 Å². The summed E-state index contributed by atoms with van der Waals surface area (Å²) in [6.45, 7) is 1.44. The van der Waals surface area contributed by atoms with Crippen molar-refractivity contribution in [3.63, 3.8) is 0 Å². The van der Waals surface area contributed by atoms with Crippen LogP contribution >= 0.6 is 0 Å². The third-order valence-electron chi connectivity index (χ3n) is 3.41. The van der Waals surface area contributed by atoms with Crippen LogP contribution < -0.4 is 5.32 Å². The molecular weight excluding hydrogens is 322 g/mol. The molecule has 23 heavy (non-hydrogen) atoms. The molecule has 0 unspecified atom stereocenters. The first kappa shape index (κ1) is 15.7. The Morgan fingerprint density at radius 3 is 2.48 bits per heavy atom. The summed E-state index contributed by atoms with van der Waals surface area (Å²) in [6.07, 6.45) is 2.67. The van der Waals surface area contributed by atoms with Crippen LogP contribution in [0.3, 0.4) is 0 Å². The Morgan fingerprint density at radius 2 is 1.87 bits per heavy atom.